The first kappa shape index (κ1) is 12.1. The number of thiazole rings is 1. The summed E-state index contributed by atoms with van der Waals surface area (Å²) in [5.41, 5.74) is 1.81. The van der Waals surface area contributed by atoms with E-state index in [1.54, 1.807) is 11.3 Å². The summed E-state index contributed by atoms with van der Waals surface area (Å²) in [7, 11) is 0. The maximum absolute atomic E-state index is 10.1. The molecule has 2 rings (SSSR count). The van der Waals surface area contributed by atoms with Crippen LogP contribution in [0.4, 0.5) is 0 Å². The second-order valence-electron chi connectivity index (χ2n) is 3.44. The average molecular weight is 268 g/mol. The Morgan fingerprint density at radius 1 is 1.41 bits per heavy atom. The van der Waals surface area contributed by atoms with Crippen molar-refractivity contribution in [3.8, 4) is 10.6 Å². The highest BCUT2D eigenvalue weighted by atomic mass is 35.5. The first-order chi connectivity index (χ1) is 8.20. The van der Waals surface area contributed by atoms with Gasteiger partial charge < -0.3 is 4.74 Å². The van der Waals surface area contributed by atoms with Gasteiger partial charge in [-0.15, -0.1) is 11.3 Å². The Bertz CT molecular complexity index is 522. The van der Waals surface area contributed by atoms with Crippen LogP contribution in [0.2, 0.25) is 5.02 Å². The maximum atomic E-state index is 10.1. The van der Waals surface area contributed by atoms with E-state index in [-0.39, 0.29) is 6.61 Å². The van der Waals surface area contributed by atoms with Gasteiger partial charge in [0.2, 0.25) is 0 Å². The standard InChI is InChI=1S/C12H10ClNO2S/c1-8-11(6-16-7-15)14-12(17-8)9-2-4-10(13)5-3-9/h2-5,7H,6H2,1H3. The van der Waals surface area contributed by atoms with Gasteiger partial charge in [0, 0.05) is 15.5 Å². The number of carbonyl (C=O) groups excluding carboxylic acids is 1. The lowest BCUT2D eigenvalue weighted by atomic mass is 10.2. The third kappa shape index (κ3) is 2.84. The van der Waals surface area contributed by atoms with Gasteiger partial charge >= 0.3 is 0 Å². The smallest absolute Gasteiger partial charge is 0.293 e. The molecule has 0 atom stereocenters. The summed E-state index contributed by atoms with van der Waals surface area (Å²) in [6, 6.07) is 7.50. The van der Waals surface area contributed by atoms with Crippen LogP contribution in [0.15, 0.2) is 24.3 Å². The van der Waals surface area contributed by atoms with Crippen LogP contribution >= 0.6 is 22.9 Å². The summed E-state index contributed by atoms with van der Waals surface area (Å²) < 4.78 is 4.71. The van der Waals surface area contributed by atoms with E-state index < -0.39 is 0 Å². The van der Waals surface area contributed by atoms with Crippen molar-refractivity contribution in [1.29, 1.82) is 0 Å². The molecule has 5 heteroatoms. The number of hydrogen-bond acceptors (Lipinski definition) is 4. The molecule has 1 aromatic heterocycles. The predicted octanol–water partition coefficient (Wildman–Crippen LogP) is 3.44. The lowest BCUT2D eigenvalue weighted by Crippen LogP contribution is -1.92. The Hall–Kier alpha value is -1.39. The number of nitrogens with zero attached hydrogens (tertiary/aromatic N) is 1. The Morgan fingerprint density at radius 2 is 2.12 bits per heavy atom. The van der Waals surface area contributed by atoms with Crippen molar-refractivity contribution in [3.63, 3.8) is 0 Å². The molecule has 0 bridgehead atoms. The molecule has 0 fully saturated rings. The van der Waals surface area contributed by atoms with Gasteiger partial charge in [0.25, 0.3) is 6.47 Å². The molecule has 0 aliphatic carbocycles. The minimum atomic E-state index is 0.222. The van der Waals surface area contributed by atoms with E-state index in [0.717, 1.165) is 21.1 Å². The molecule has 17 heavy (non-hydrogen) atoms. The molecule has 2 aromatic rings. The first-order valence-corrected chi connectivity index (χ1v) is 6.17. The largest absolute Gasteiger partial charge is 0.461 e. The van der Waals surface area contributed by atoms with E-state index in [2.05, 4.69) is 4.98 Å². The van der Waals surface area contributed by atoms with Gasteiger partial charge in [-0.2, -0.15) is 0 Å². The van der Waals surface area contributed by atoms with E-state index >= 15 is 0 Å². The van der Waals surface area contributed by atoms with Gasteiger partial charge in [0.05, 0.1) is 5.69 Å². The van der Waals surface area contributed by atoms with Crippen LogP contribution in [0, 0.1) is 6.92 Å². The zero-order valence-corrected chi connectivity index (χ0v) is 10.7. The summed E-state index contributed by atoms with van der Waals surface area (Å²) in [6.45, 7) is 2.61. The molecule has 0 aliphatic rings. The number of aryl methyl sites for hydroxylation is 1. The molecular weight excluding hydrogens is 258 g/mol. The summed E-state index contributed by atoms with van der Waals surface area (Å²) >= 11 is 7.40. The summed E-state index contributed by atoms with van der Waals surface area (Å²) in [5.74, 6) is 0. The predicted molar refractivity (Wildman–Crippen MR) is 68.2 cm³/mol. The first-order valence-electron chi connectivity index (χ1n) is 4.98. The molecule has 0 amide bonds. The fourth-order valence-electron chi connectivity index (χ4n) is 1.39. The number of halogens is 1. The highest BCUT2D eigenvalue weighted by molar-refractivity contribution is 7.15. The van der Waals surface area contributed by atoms with Crippen molar-refractivity contribution >= 4 is 29.4 Å². The average Bonchev–Trinajstić information content (AvgIpc) is 2.69. The molecule has 0 saturated heterocycles. The van der Waals surface area contributed by atoms with Gasteiger partial charge in [0.1, 0.15) is 11.6 Å². The zero-order chi connectivity index (χ0) is 12.3. The van der Waals surface area contributed by atoms with E-state index in [4.69, 9.17) is 16.3 Å². The number of carbonyl (C=O) groups is 1. The van der Waals surface area contributed by atoms with Crippen molar-refractivity contribution in [3.05, 3.63) is 39.9 Å². The third-order valence-corrected chi connectivity index (χ3v) is 3.59. The van der Waals surface area contributed by atoms with E-state index in [1.807, 2.05) is 31.2 Å². The van der Waals surface area contributed by atoms with Crippen LogP contribution in [0.25, 0.3) is 10.6 Å². The number of benzene rings is 1. The highest BCUT2D eigenvalue weighted by Gasteiger charge is 2.09. The summed E-state index contributed by atoms with van der Waals surface area (Å²) in [6.07, 6.45) is 0. The van der Waals surface area contributed by atoms with Crippen LogP contribution in [0.5, 0.6) is 0 Å². The number of ether oxygens (including phenoxy) is 1. The van der Waals surface area contributed by atoms with Gasteiger partial charge in [-0.1, -0.05) is 23.7 Å². The number of aromatic nitrogens is 1. The van der Waals surface area contributed by atoms with Crippen molar-refractivity contribution in [2.45, 2.75) is 13.5 Å². The van der Waals surface area contributed by atoms with E-state index in [9.17, 15) is 4.79 Å². The molecule has 88 valence electrons. The monoisotopic (exact) mass is 267 g/mol. The Morgan fingerprint density at radius 3 is 2.76 bits per heavy atom. The second-order valence-corrected chi connectivity index (χ2v) is 5.08. The van der Waals surface area contributed by atoms with Crippen LogP contribution in [-0.2, 0) is 16.1 Å². The fourth-order valence-corrected chi connectivity index (χ4v) is 2.44. The van der Waals surface area contributed by atoms with Crippen LogP contribution in [-0.4, -0.2) is 11.5 Å². The van der Waals surface area contributed by atoms with Crippen molar-refractivity contribution in [2.75, 3.05) is 0 Å². The lowest BCUT2D eigenvalue weighted by molar-refractivity contribution is -0.129. The molecule has 1 heterocycles. The number of hydrogen-bond donors (Lipinski definition) is 0. The maximum Gasteiger partial charge on any atom is 0.293 e. The van der Waals surface area contributed by atoms with Crippen molar-refractivity contribution < 1.29 is 9.53 Å². The Labute approximate surface area is 108 Å². The van der Waals surface area contributed by atoms with E-state index in [1.165, 1.54) is 0 Å². The molecule has 0 saturated carbocycles. The summed E-state index contributed by atoms with van der Waals surface area (Å²) in [5, 5.41) is 1.61. The topological polar surface area (TPSA) is 39.2 Å². The molecule has 0 spiro atoms. The van der Waals surface area contributed by atoms with Crippen LogP contribution in [0.3, 0.4) is 0 Å². The Kier molecular flexibility index (Phi) is 3.76. The SMILES string of the molecule is Cc1sc(-c2ccc(Cl)cc2)nc1COC=O. The lowest BCUT2D eigenvalue weighted by Gasteiger charge is -1.96. The van der Waals surface area contributed by atoms with Crippen molar-refractivity contribution in [2.24, 2.45) is 0 Å². The fraction of sp³-hybridized carbons (Fsp3) is 0.167. The molecule has 0 unspecified atom stereocenters. The number of rotatable bonds is 4. The molecule has 0 radical (unpaired) electrons. The van der Waals surface area contributed by atoms with Crippen LogP contribution < -0.4 is 0 Å². The minimum absolute atomic E-state index is 0.222. The quantitative estimate of drug-likeness (QED) is 0.797. The normalized spacial score (nSPS) is 10.2. The van der Waals surface area contributed by atoms with Gasteiger partial charge in [-0.3, -0.25) is 4.79 Å². The molecule has 3 nitrogen and oxygen atoms in total. The second kappa shape index (κ2) is 5.29. The molecule has 1 aromatic carbocycles. The third-order valence-electron chi connectivity index (χ3n) is 2.27. The molecular formula is C12H10ClNO2S. The highest BCUT2D eigenvalue weighted by Crippen LogP contribution is 2.28. The molecule has 0 N–H and O–H groups in total. The minimum Gasteiger partial charge on any atom is -0.461 e. The van der Waals surface area contributed by atoms with Gasteiger partial charge in [-0.05, 0) is 19.1 Å². The molecule has 0 aliphatic heterocycles. The van der Waals surface area contributed by atoms with Gasteiger partial charge in [0.15, 0.2) is 0 Å². The Balaban J connectivity index is 2.27. The van der Waals surface area contributed by atoms with E-state index in [0.29, 0.717) is 11.5 Å². The van der Waals surface area contributed by atoms with Crippen LogP contribution in [0.1, 0.15) is 10.6 Å². The van der Waals surface area contributed by atoms with Crippen molar-refractivity contribution in [1.82, 2.24) is 4.98 Å². The zero-order valence-electron chi connectivity index (χ0n) is 9.14. The van der Waals surface area contributed by atoms with Gasteiger partial charge in [-0.25, -0.2) is 4.98 Å². The summed E-state index contributed by atoms with van der Waals surface area (Å²) in [4.78, 5) is 15.6.